The molecule has 1 aliphatic heterocycles. The van der Waals surface area contributed by atoms with E-state index in [4.69, 9.17) is 15.6 Å². The van der Waals surface area contributed by atoms with Crippen LogP contribution in [-0.2, 0) is 9.53 Å². The Bertz CT molecular complexity index is 186. The van der Waals surface area contributed by atoms with Gasteiger partial charge in [0, 0.05) is 12.6 Å². The molecule has 1 saturated heterocycles. The first kappa shape index (κ1) is 10.4. The van der Waals surface area contributed by atoms with Gasteiger partial charge in [0.05, 0.1) is 13.2 Å². The highest BCUT2D eigenvalue weighted by Crippen LogP contribution is 2.09. The van der Waals surface area contributed by atoms with Gasteiger partial charge in [-0.2, -0.15) is 0 Å². The van der Waals surface area contributed by atoms with E-state index >= 15 is 0 Å². The Hall–Kier alpha value is -0.650. The van der Waals surface area contributed by atoms with E-state index in [1.807, 2.05) is 7.05 Å². The number of morpholine rings is 1. The van der Waals surface area contributed by atoms with Crippen LogP contribution in [0.2, 0.25) is 0 Å². The molecule has 2 unspecified atom stereocenters. The van der Waals surface area contributed by atoms with Crippen molar-refractivity contribution in [1.82, 2.24) is 4.90 Å². The van der Waals surface area contributed by atoms with Gasteiger partial charge < -0.3 is 15.6 Å². The Morgan fingerprint density at radius 2 is 2.54 bits per heavy atom. The molecular formula is C8H16N2O3. The number of carbonyl (C=O) groups is 1. The molecule has 0 bridgehead atoms. The van der Waals surface area contributed by atoms with E-state index in [1.54, 1.807) is 0 Å². The molecule has 3 N–H and O–H groups in total. The first-order valence-corrected chi connectivity index (χ1v) is 4.37. The zero-order valence-corrected chi connectivity index (χ0v) is 7.77. The third kappa shape index (κ3) is 2.95. The molecule has 0 saturated carbocycles. The molecule has 5 nitrogen and oxygen atoms in total. The van der Waals surface area contributed by atoms with Crippen molar-refractivity contribution in [1.29, 1.82) is 0 Å². The van der Waals surface area contributed by atoms with Crippen molar-refractivity contribution in [2.24, 2.45) is 5.73 Å². The van der Waals surface area contributed by atoms with Crippen molar-refractivity contribution >= 4 is 5.97 Å². The van der Waals surface area contributed by atoms with Crippen molar-refractivity contribution in [2.45, 2.75) is 18.5 Å². The molecule has 1 fully saturated rings. The molecule has 2 atom stereocenters. The second kappa shape index (κ2) is 4.55. The lowest BCUT2D eigenvalue weighted by Gasteiger charge is -2.33. The van der Waals surface area contributed by atoms with Gasteiger partial charge in [0.25, 0.3) is 0 Å². The summed E-state index contributed by atoms with van der Waals surface area (Å²) in [5.41, 5.74) is 5.43. The highest BCUT2D eigenvalue weighted by Gasteiger charge is 2.24. The Labute approximate surface area is 77.5 Å². The fourth-order valence-electron chi connectivity index (χ4n) is 1.38. The van der Waals surface area contributed by atoms with Crippen molar-refractivity contribution < 1.29 is 14.6 Å². The number of hydrogen-bond acceptors (Lipinski definition) is 4. The molecule has 0 amide bonds. The van der Waals surface area contributed by atoms with Gasteiger partial charge in [-0.1, -0.05) is 0 Å². The molecule has 5 heteroatoms. The fraction of sp³-hybridized carbons (Fsp3) is 0.875. The number of likely N-dealkylation sites (N-methyl/N-ethyl adjacent to an activating group) is 1. The molecule has 0 radical (unpaired) electrons. The predicted molar refractivity (Wildman–Crippen MR) is 47.5 cm³/mol. The monoisotopic (exact) mass is 188 g/mol. The summed E-state index contributed by atoms with van der Waals surface area (Å²) in [6.07, 6.45) is 0.450. The Morgan fingerprint density at radius 1 is 1.85 bits per heavy atom. The van der Waals surface area contributed by atoms with Crippen LogP contribution in [0.15, 0.2) is 0 Å². The SMILES string of the molecule is CN1CCOCC1CC(N)C(=O)O. The lowest BCUT2D eigenvalue weighted by molar-refractivity contribution is -0.139. The molecule has 1 heterocycles. The van der Waals surface area contributed by atoms with Crippen LogP contribution < -0.4 is 5.73 Å². The van der Waals surface area contributed by atoms with Crippen molar-refractivity contribution in [2.75, 3.05) is 26.8 Å². The van der Waals surface area contributed by atoms with Gasteiger partial charge in [-0.25, -0.2) is 0 Å². The van der Waals surface area contributed by atoms with E-state index in [1.165, 1.54) is 0 Å². The topological polar surface area (TPSA) is 75.8 Å². The quantitative estimate of drug-likeness (QED) is 0.601. The van der Waals surface area contributed by atoms with Crippen molar-refractivity contribution in [3.8, 4) is 0 Å². The van der Waals surface area contributed by atoms with Gasteiger partial charge in [-0.05, 0) is 13.5 Å². The van der Waals surface area contributed by atoms with Crippen LogP contribution in [-0.4, -0.2) is 54.9 Å². The molecule has 0 aliphatic carbocycles. The lowest BCUT2D eigenvalue weighted by Crippen LogP contribution is -2.47. The summed E-state index contributed by atoms with van der Waals surface area (Å²) < 4.78 is 5.24. The lowest BCUT2D eigenvalue weighted by atomic mass is 10.1. The largest absolute Gasteiger partial charge is 0.480 e. The van der Waals surface area contributed by atoms with E-state index in [-0.39, 0.29) is 6.04 Å². The number of hydrogen-bond donors (Lipinski definition) is 2. The first-order valence-electron chi connectivity index (χ1n) is 4.37. The zero-order valence-electron chi connectivity index (χ0n) is 7.77. The molecule has 1 rings (SSSR count). The maximum atomic E-state index is 10.5. The van der Waals surface area contributed by atoms with Crippen LogP contribution in [0.25, 0.3) is 0 Å². The molecule has 0 spiro atoms. The second-order valence-corrected chi connectivity index (χ2v) is 3.39. The molecule has 0 aromatic carbocycles. The van der Waals surface area contributed by atoms with Gasteiger partial charge in [0.2, 0.25) is 0 Å². The Balaban J connectivity index is 2.37. The number of rotatable bonds is 3. The summed E-state index contributed by atoms with van der Waals surface area (Å²) in [5, 5.41) is 8.61. The van der Waals surface area contributed by atoms with Crippen molar-refractivity contribution in [3.63, 3.8) is 0 Å². The van der Waals surface area contributed by atoms with Gasteiger partial charge in [0.1, 0.15) is 6.04 Å². The highest BCUT2D eigenvalue weighted by atomic mass is 16.5. The number of carboxylic acid groups (broad SMARTS) is 1. The van der Waals surface area contributed by atoms with Gasteiger partial charge in [-0.15, -0.1) is 0 Å². The Morgan fingerprint density at radius 3 is 3.08 bits per heavy atom. The van der Waals surface area contributed by atoms with Crippen molar-refractivity contribution in [3.05, 3.63) is 0 Å². The number of carboxylic acids is 1. The van der Waals surface area contributed by atoms with Crippen LogP contribution in [0.5, 0.6) is 0 Å². The van der Waals surface area contributed by atoms with E-state index in [2.05, 4.69) is 4.90 Å². The summed E-state index contributed by atoms with van der Waals surface area (Å²) in [5.74, 6) is -0.945. The van der Waals surface area contributed by atoms with E-state index in [9.17, 15) is 4.79 Å². The minimum absolute atomic E-state index is 0.139. The van der Waals surface area contributed by atoms with Crippen LogP contribution >= 0.6 is 0 Å². The molecule has 0 aromatic rings. The summed E-state index contributed by atoms with van der Waals surface area (Å²) in [4.78, 5) is 12.6. The van der Waals surface area contributed by atoms with Gasteiger partial charge >= 0.3 is 5.97 Å². The first-order chi connectivity index (χ1) is 6.11. The highest BCUT2D eigenvalue weighted by molar-refractivity contribution is 5.73. The van der Waals surface area contributed by atoms with E-state index in [0.717, 1.165) is 13.2 Å². The van der Waals surface area contributed by atoms with E-state index in [0.29, 0.717) is 13.0 Å². The minimum atomic E-state index is -0.945. The molecular weight excluding hydrogens is 172 g/mol. The van der Waals surface area contributed by atoms with Crippen LogP contribution in [0, 0.1) is 0 Å². The molecule has 76 valence electrons. The standard InChI is InChI=1S/C8H16N2O3/c1-10-2-3-13-5-6(10)4-7(9)8(11)12/h6-7H,2-5,9H2,1H3,(H,11,12). The normalized spacial score (nSPS) is 27.1. The van der Waals surface area contributed by atoms with Crippen LogP contribution in [0.1, 0.15) is 6.42 Å². The number of ether oxygens (including phenoxy) is 1. The number of nitrogens with two attached hydrogens (primary N) is 1. The maximum absolute atomic E-state index is 10.5. The second-order valence-electron chi connectivity index (χ2n) is 3.39. The average Bonchev–Trinajstić information content (AvgIpc) is 2.08. The maximum Gasteiger partial charge on any atom is 0.320 e. The molecule has 0 aromatic heterocycles. The van der Waals surface area contributed by atoms with Crippen LogP contribution in [0.4, 0.5) is 0 Å². The fourth-order valence-corrected chi connectivity index (χ4v) is 1.38. The number of nitrogens with zero attached hydrogens (tertiary/aromatic N) is 1. The minimum Gasteiger partial charge on any atom is -0.480 e. The smallest absolute Gasteiger partial charge is 0.320 e. The van der Waals surface area contributed by atoms with E-state index < -0.39 is 12.0 Å². The third-order valence-corrected chi connectivity index (χ3v) is 2.37. The van der Waals surface area contributed by atoms with Gasteiger partial charge in [-0.3, -0.25) is 9.69 Å². The van der Waals surface area contributed by atoms with Gasteiger partial charge in [0.15, 0.2) is 0 Å². The summed E-state index contributed by atoms with van der Waals surface area (Å²) in [6.45, 7) is 2.14. The van der Waals surface area contributed by atoms with Crippen LogP contribution in [0.3, 0.4) is 0 Å². The molecule has 13 heavy (non-hydrogen) atoms. The predicted octanol–water partition coefficient (Wildman–Crippen LogP) is -0.881. The zero-order chi connectivity index (χ0) is 9.84. The summed E-state index contributed by atoms with van der Waals surface area (Å²) >= 11 is 0. The third-order valence-electron chi connectivity index (χ3n) is 2.37. The summed E-state index contributed by atoms with van der Waals surface area (Å²) in [6, 6.07) is -0.644. The Kier molecular flexibility index (Phi) is 3.65. The average molecular weight is 188 g/mol. The number of aliphatic carboxylic acids is 1. The molecule has 1 aliphatic rings. The summed E-state index contributed by atoms with van der Waals surface area (Å²) in [7, 11) is 1.96.